The molecule has 154 valence electrons. The van der Waals surface area contributed by atoms with Crippen LogP contribution in [0.4, 0.5) is 5.69 Å². The minimum Gasteiger partial charge on any atom is -0.545 e. The summed E-state index contributed by atoms with van der Waals surface area (Å²) in [7, 11) is 0. The van der Waals surface area contributed by atoms with Gasteiger partial charge in [0, 0.05) is 24.2 Å². The van der Waals surface area contributed by atoms with Crippen LogP contribution in [0.1, 0.15) is 34.3 Å². The maximum Gasteiger partial charge on any atom is 0.266 e. The number of carbonyl (C=O) groups excluding carboxylic acids is 3. The van der Waals surface area contributed by atoms with Crippen molar-refractivity contribution in [2.45, 2.75) is 19.8 Å². The fraction of sp³-hybridized carbons (Fsp3) is 0.182. The fourth-order valence-electron chi connectivity index (χ4n) is 2.89. The standard InChI is InChI=1S/C22H20N2O4S2/c1-14-8-10-15(11-9-14)13-18-20(26)24(22(29)30-18)12-4-7-19(25)23-17-6-3-2-5-16(17)21(27)28/h2-3,5-6,8-11,13H,4,7,12H2,1H3,(H,23,25)(H,27,28)/p-1/b18-13-. The topological polar surface area (TPSA) is 89.5 Å². The Kier molecular flexibility index (Phi) is 7.02. The summed E-state index contributed by atoms with van der Waals surface area (Å²) in [6.07, 6.45) is 2.32. The van der Waals surface area contributed by atoms with Crippen LogP contribution in [-0.4, -0.2) is 33.5 Å². The number of nitrogens with one attached hydrogen (secondary N) is 1. The second-order valence-electron chi connectivity index (χ2n) is 6.73. The summed E-state index contributed by atoms with van der Waals surface area (Å²) in [5, 5.41) is 13.7. The van der Waals surface area contributed by atoms with E-state index < -0.39 is 5.97 Å². The maximum absolute atomic E-state index is 12.7. The van der Waals surface area contributed by atoms with E-state index in [1.807, 2.05) is 37.3 Å². The lowest BCUT2D eigenvalue weighted by Crippen LogP contribution is -2.30. The molecule has 0 aromatic heterocycles. The molecule has 1 aliphatic rings. The van der Waals surface area contributed by atoms with Crippen molar-refractivity contribution in [3.05, 3.63) is 70.1 Å². The van der Waals surface area contributed by atoms with E-state index in [0.29, 0.717) is 22.2 Å². The molecule has 0 bridgehead atoms. The summed E-state index contributed by atoms with van der Waals surface area (Å²) in [6, 6.07) is 13.9. The predicted octanol–water partition coefficient (Wildman–Crippen LogP) is 2.98. The molecule has 3 rings (SSSR count). The number of nitrogens with zero attached hydrogens (tertiary/aromatic N) is 1. The van der Waals surface area contributed by atoms with Crippen LogP contribution in [0, 0.1) is 6.92 Å². The van der Waals surface area contributed by atoms with Crippen molar-refractivity contribution < 1.29 is 19.5 Å². The number of carbonyl (C=O) groups is 3. The average Bonchev–Trinajstić information content (AvgIpc) is 2.97. The van der Waals surface area contributed by atoms with Crippen LogP contribution in [-0.2, 0) is 9.59 Å². The summed E-state index contributed by atoms with van der Waals surface area (Å²) in [5.74, 6) is -1.87. The molecule has 1 saturated heterocycles. The van der Waals surface area contributed by atoms with Crippen molar-refractivity contribution in [2.75, 3.05) is 11.9 Å². The molecule has 0 spiro atoms. The Bertz CT molecular complexity index is 1030. The van der Waals surface area contributed by atoms with Crippen LogP contribution in [0.2, 0.25) is 0 Å². The van der Waals surface area contributed by atoms with Gasteiger partial charge in [-0.05, 0) is 31.1 Å². The Morgan fingerprint density at radius 1 is 1.17 bits per heavy atom. The van der Waals surface area contributed by atoms with Crippen molar-refractivity contribution in [3.63, 3.8) is 0 Å². The van der Waals surface area contributed by atoms with Crippen LogP contribution >= 0.6 is 24.0 Å². The normalized spacial score (nSPS) is 15.0. The van der Waals surface area contributed by atoms with E-state index in [-0.39, 0.29) is 29.5 Å². The van der Waals surface area contributed by atoms with Gasteiger partial charge in [-0.3, -0.25) is 14.5 Å². The highest BCUT2D eigenvalue weighted by molar-refractivity contribution is 8.26. The van der Waals surface area contributed by atoms with Gasteiger partial charge in [0.25, 0.3) is 5.91 Å². The molecule has 0 unspecified atom stereocenters. The number of rotatable bonds is 7. The van der Waals surface area contributed by atoms with Gasteiger partial charge in [-0.15, -0.1) is 0 Å². The fourth-order valence-corrected chi connectivity index (χ4v) is 4.20. The van der Waals surface area contributed by atoms with Gasteiger partial charge in [-0.25, -0.2) is 0 Å². The Morgan fingerprint density at radius 3 is 2.57 bits per heavy atom. The van der Waals surface area contributed by atoms with Crippen LogP contribution in [0.5, 0.6) is 0 Å². The highest BCUT2D eigenvalue weighted by atomic mass is 32.2. The number of aryl methyl sites for hydroxylation is 1. The summed E-state index contributed by atoms with van der Waals surface area (Å²) in [4.78, 5) is 38.0. The SMILES string of the molecule is Cc1ccc(/C=C2\SC(=S)N(CCCC(=O)Nc3ccccc3C(=O)[O-])C2=O)cc1. The molecule has 0 atom stereocenters. The van der Waals surface area contributed by atoms with Crippen molar-refractivity contribution >= 4 is 57.8 Å². The molecule has 30 heavy (non-hydrogen) atoms. The number of hydrogen-bond acceptors (Lipinski definition) is 6. The molecule has 1 fully saturated rings. The third-order valence-electron chi connectivity index (χ3n) is 4.46. The van der Waals surface area contributed by atoms with Crippen LogP contribution in [0.3, 0.4) is 0 Å². The second-order valence-corrected chi connectivity index (χ2v) is 8.40. The molecule has 0 aliphatic carbocycles. The number of thioether (sulfide) groups is 1. The minimum absolute atomic E-state index is 0.0796. The zero-order valence-electron chi connectivity index (χ0n) is 16.2. The van der Waals surface area contributed by atoms with Gasteiger partial charge in [-0.1, -0.05) is 72.0 Å². The predicted molar refractivity (Wildman–Crippen MR) is 120 cm³/mol. The molecule has 1 N–H and O–H groups in total. The average molecular weight is 440 g/mol. The lowest BCUT2D eigenvalue weighted by molar-refractivity contribution is -0.254. The number of carboxylic acids is 1. The lowest BCUT2D eigenvalue weighted by Gasteiger charge is -2.15. The lowest BCUT2D eigenvalue weighted by atomic mass is 10.1. The van der Waals surface area contributed by atoms with Gasteiger partial charge in [0.1, 0.15) is 4.32 Å². The van der Waals surface area contributed by atoms with E-state index >= 15 is 0 Å². The Labute approximate surface area is 184 Å². The first-order valence-corrected chi connectivity index (χ1v) is 10.5. The molecule has 1 aliphatic heterocycles. The van der Waals surface area contributed by atoms with E-state index in [4.69, 9.17) is 12.2 Å². The van der Waals surface area contributed by atoms with E-state index in [0.717, 1.165) is 11.1 Å². The van der Waals surface area contributed by atoms with Gasteiger partial charge in [0.15, 0.2) is 0 Å². The van der Waals surface area contributed by atoms with Gasteiger partial charge in [-0.2, -0.15) is 0 Å². The summed E-state index contributed by atoms with van der Waals surface area (Å²) in [6.45, 7) is 2.31. The number of para-hydroxylation sites is 1. The molecule has 2 amide bonds. The zero-order chi connectivity index (χ0) is 21.7. The molecule has 2 aromatic carbocycles. The number of thiocarbonyl (C=S) groups is 1. The molecule has 1 heterocycles. The number of aromatic carboxylic acids is 1. The minimum atomic E-state index is -1.36. The third kappa shape index (κ3) is 5.34. The van der Waals surface area contributed by atoms with E-state index in [2.05, 4.69) is 5.32 Å². The largest absolute Gasteiger partial charge is 0.545 e. The number of amides is 2. The number of hydrogen-bond donors (Lipinski definition) is 1. The number of carboxylic acid groups (broad SMARTS) is 1. The molecule has 8 heteroatoms. The van der Waals surface area contributed by atoms with Crippen LogP contribution in [0.15, 0.2) is 53.4 Å². The first-order chi connectivity index (χ1) is 14.3. The Hall–Kier alpha value is -2.97. The third-order valence-corrected chi connectivity index (χ3v) is 5.83. The van der Waals surface area contributed by atoms with Gasteiger partial charge >= 0.3 is 0 Å². The van der Waals surface area contributed by atoms with Gasteiger partial charge in [0.05, 0.1) is 10.9 Å². The van der Waals surface area contributed by atoms with Crippen molar-refractivity contribution in [3.8, 4) is 0 Å². The summed E-state index contributed by atoms with van der Waals surface area (Å²) in [5.41, 5.74) is 2.17. The van der Waals surface area contributed by atoms with E-state index in [1.165, 1.54) is 28.8 Å². The maximum atomic E-state index is 12.7. The number of anilines is 1. The highest BCUT2D eigenvalue weighted by Gasteiger charge is 2.31. The molecule has 2 aromatic rings. The molecular formula is C22H19N2O4S2-. The highest BCUT2D eigenvalue weighted by Crippen LogP contribution is 2.32. The molecule has 0 radical (unpaired) electrons. The second kappa shape index (κ2) is 9.69. The van der Waals surface area contributed by atoms with E-state index in [1.54, 1.807) is 12.1 Å². The number of benzene rings is 2. The zero-order valence-corrected chi connectivity index (χ0v) is 17.8. The quantitative estimate of drug-likeness (QED) is 0.527. The van der Waals surface area contributed by atoms with Crippen molar-refractivity contribution in [2.24, 2.45) is 0 Å². The summed E-state index contributed by atoms with van der Waals surface area (Å²) >= 11 is 6.56. The Morgan fingerprint density at radius 2 is 1.87 bits per heavy atom. The Balaban J connectivity index is 1.55. The summed E-state index contributed by atoms with van der Waals surface area (Å²) < 4.78 is 0.459. The monoisotopic (exact) mass is 439 g/mol. The van der Waals surface area contributed by atoms with E-state index in [9.17, 15) is 19.5 Å². The van der Waals surface area contributed by atoms with Crippen molar-refractivity contribution in [1.29, 1.82) is 0 Å². The molecule has 6 nitrogen and oxygen atoms in total. The molecular weight excluding hydrogens is 420 g/mol. The van der Waals surface area contributed by atoms with Gasteiger partial charge in [0.2, 0.25) is 5.91 Å². The first-order valence-electron chi connectivity index (χ1n) is 9.27. The first kappa shape index (κ1) is 21.7. The van der Waals surface area contributed by atoms with Gasteiger partial charge < -0.3 is 15.2 Å². The smallest absolute Gasteiger partial charge is 0.266 e. The van der Waals surface area contributed by atoms with Crippen molar-refractivity contribution in [1.82, 2.24) is 4.90 Å². The van der Waals surface area contributed by atoms with Crippen LogP contribution in [0.25, 0.3) is 6.08 Å². The molecule has 0 saturated carbocycles. The van der Waals surface area contributed by atoms with Crippen LogP contribution < -0.4 is 10.4 Å².